The Kier molecular flexibility index (Phi) is 17.3. The van der Waals surface area contributed by atoms with Gasteiger partial charge in [0.2, 0.25) is 0 Å². The number of nitrogens with two attached hydrogens (primary N) is 1. The standard InChI is InChI=1S/C30H47NO9/c1-6-9-11-13-27(32)39-25-16-15-23(18-26(25)40-28(33)14-12-10-7-2)17-24(31)29(34)36-20-22(5)38-30(35)37-19-21(4)8-3/h15-16,18,21-22,24H,6-14,17,19-20,31H2,1-5H3/t21?,22-,24-/m0/s1. The van der Waals surface area contributed by atoms with E-state index in [1.54, 1.807) is 19.1 Å². The van der Waals surface area contributed by atoms with Crippen molar-refractivity contribution in [3.63, 3.8) is 0 Å². The maximum absolute atomic E-state index is 12.5. The highest BCUT2D eigenvalue weighted by atomic mass is 16.7. The first-order valence-electron chi connectivity index (χ1n) is 14.4. The molecule has 1 aromatic carbocycles. The minimum atomic E-state index is -1.03. The third-order valence-corrected chi connectivity index (χ3v) is 6.12. The van der Waals surface area contributed by atoms with E-state index in [4.69, 9.17) is 29.4 Å². The largest absolute Gasteiger partial charge is 0.508 e. The summed E-state index contributed by atoms with van der Waals surface area (Å²) in [6.45, 7) is 9.67. The van der Waals surface area contributed by atoms with Gasteiger partial charge in [-0.1, -0.05) is 65.9 Å². The number of carbonyl (C=O) groups excluding carboxylic acids is 4. The van der Waals surface area contributed by atoms with Crippen molar-refractivity contribution < 1.29 is 42.9 Å². The third kappa shape index (κ3) is 14.9. The van der Waals surface area contributed by atoms with E-state index < -0.39 is 36.2 Å². The van der Waals surface area contributed by atoms with Gasteiger partial charge >= 0.3 is 24.1 Å². The Morgan fingerprint density at radius 2 is 1.40 bits per heavy atom. The van der Waals surface area contributed by atoms with Crippen LogP contribution >= 0.6 is 0 Å². The van der Waals surface area contributed by atoms with Crippen LogP contribution in [-0.2, 0) is 35.0 Å². The molecule has 0 bridgehead atoms. The van der Waals surface area contributed by atoms with Crippen LogP contribution < -0.4 is 15.2 Å². The van der Waals surface area contributed by atoms with E-state index in [0.29, 0.717) is 18.4 Å². The first kappa shape index (κ1) is 34.9. The normalized spacial score (nSPS) is 13.1. The maximum Gasteiger partial charge on any atom is 0.508 e. The summed E-state index contributed by atoms with van der Waals surface area (Å²) >= 11 is 0. The average Bonchev–Trinajstić information content (AvgIpc) is 2.92. The van der Waals surface area contributed by atoms with Crippen LogP contribution in [0.1, 0.15) is 98.0 Å². The molecular formula is C30H47NO9. The zero-order valence-electron chi connectivity index (χ0n) is 24.7. The number of rotatable bonds is 19. The van der Waals surface area contributed by atoms with Crippen molar-refractivity contribution in [1.82, 2.24) is 0 Å². The zero-order chi connectivity index (χ0) is 29.9. The predicted molar refractivity (Wildman–Crippen MR) is 150 cm³/mol. The number of ether oxygens (including phenoxy) is 5. The molecule has 0 heterocycles. The van der Waals surface area contributed by atoms with Crippen LogP contribution in [0.5, 0.6) is 11.5 Å². The van der Waals surface area contributed by atoms with Crippen LogP contribution in [0, 0.1) is 5.92 Å². The fourth-order valence-electron chi connectivity index (χ4n) is 3.43. The Bertz CT molecular complexity index is 934. The van der Waals surface area contributed by atoms with Gasteiger partial charge < -0.3 is 29.4 Å². The van der Waals surface area contributed by atoms with Gasteiger partial charge in [-0.3, -0.25) is 14.4 Å². The Morgan fingerprint density at radius 1 is 0.800 bits per heavy atom. The molecule has 1 aromatic rings. The van der Waals surface area contributed by atoms with Crippen molar-refractivity contribution in [1.29, 1.82) is 0 Å². The highest BCUT2D eigenvalue weighted by Crippen LogP contribution is 2.30. The Morgan fingerprint density at radius 3 is 1.98 bits per heavy atom. The molecule has 0 radical (unpaired) electrons. The second-order valence-corrected chi connectivity index (χ2v) is 10.1. The van der Waals surface area contributed by atoms with E-state index in [2.05, 4.69) is 0 Å². The Balaban J connectivity index is 2.76. The van der Waals surface area contributed by atoms with Crippen molar-refractivity contribution in [3.05, 3.63) is 23.8 Å². The van der Waals surface area contributed by atoms with Crippen molar-refractivity contribution in [2.24, 2.45) is 11.7 Å². The molecule has 0 aliphatic carbocycles. The summed E-state index contributed by atoms with van der Waals surface area (Å²) in [7, 11) is 0. The van der Waals surface area contributed by atoms with Gasteiger partial charge in [-0.15, -0.1) is 0 Å². The van der Waals surface area contributed by atoms with Crippen LogP contribution in [0.4, 0.5) is 4.79 Å². The molecule has 0 saturated heterocycles. The van der Waals surface area contributed by atoms with Crippen LogP contribution in [0.25, 0.3) is 0 Å². The Labute approximate surface area is 238 Å². The summed E-state index contributed by atoms with van der Waals surface area (Å²) in [6.07, 6.45) is 5.05. The van der Waals surface area contributed by atoms with Gasteiger partial charge in [0.25, 0.3) is 0 Å². The molecular weight excluding hydrogens is 518 g/mol. The van der Waals surface area contributed by atoms with Gasteiger partial charge in [-0.25, -0.2) is 4.79 Å². The first-order valence-corrected chi connectivity index (χ1v) is 14.4. The van der Waals surface area contributed by atoms with Crippen molar-refractivity contribution in [2.75, 3.05) is 13.2 Å². The molecule has 0 aromatic heterocycles. The topological polar surface area (TPSA) is 140 Å². The maximum atomic E-state index is 12.5. The summed E-state index contributed by atoms with van der Waals surface area (Å²) in [5.41, 5.74) is 6.64. The molecule has 226 valence electrons. The van der Waals surface area contributed by atoms with Gasteiger partial charge in [0.05, 0.1) is 6.61 Å². The van der Waals surface area contributed by atoms with E-state index in [0.717, 1.165) is 32.1 Å². The summed E-state index contributed by atoms with van der Waals surface area (Å²) in [6, 6.07) is 3.69. The van der Waals surface area contributed by atoms with Gasteiger partial charge in [0.15, 0.2) is 11.5 Å². The lowest BCUT2D eigenvalue weighted by molar-refractivity contribution is -0.148. The molecule has 10 heteroatoms. The summed E-state index contributed by atoms with van der Waals surface area (Å²) in [5, 5.41) is 0. The molecule has 0 amide bonds. The smallest absolute Gasteiger partial charge is 0.461 e. The molecule has 3 atom stereocenters. The van der Waals surface area contributed by atoms with Crippen LogP contribution in [0.2, 0.25) is 0 Å². The van der Waals surface area contributed by atoms with Crippen molar-refractivity contribution in [2.45, 2.75) is 111 Å². The van der Waals surface area contributed by atoms with Crippen LogP contribution in [0.15, 0.2) is 18.2 Å². The number of unbranched alkanes of at least 4 members (excludes halogenated alkanes) is 4. The quantitative estimate of drug-likeness (QED) is 0.127. The van der Waals surface area contributed by atoms with Gasteiger partial charge in [0, 0.05) is 12.8 Å². The van der Waals surface area contributed by atoms with Crippen LogP contribution in [-0.4, -0.2) is 49.4 Å². The molecule has 40 heavy (non-hydrogen) atoms. The number of benzene rings is 1. The SMILES string of the molecule is CCCCCC(=O)Oc1ccc(C[C@H](N)C(=O)OC[C@H](C)OC(=O)OCC(C)CC)cc1OC(=O)CCCCC. The number of hydrogen-bond acceptors (Lipinski definition) is 10. The second kappa shape index (κ2) is 19.8. The minimum Gasteiger partial charge on any atom is -0.461 e. The molecule has 0 fully saturated rings. The molecule has 1 rings (SSSR count). The first-order chi connectivity index (χ1) is 19.1. The lowest BCUT2D eigenvalue weighted by atomic mass is 10.1. The fraction of sp³-hybridized carbons (Fsp3) is 0.667. The monoisotopic (exact) mass is 565 g/mol. The number of carbonyl (C=O) groups is 4. The van der Waals surface area contributed by atoms with Crippen LogP contribution in [0.3, 0.4) is 0 Å². The van der Waals surface area contributed by atoms with E-state index in [1.165, 1.54) is 6.07 Å². The Hall–Kier alpha value is -3.14. The number of esters is 3. The predicted octanol–water partition coefficient (Wildman–Crippen LogP) is 5.66. The molecule has 10 nitrogen and oxygen atoms in total. The summed E-state index contributed by atoms with van der Waals surface area (Å²) in [5.74, 6) is -1.08. The van der Waals surface area contributed by atoms with Gasteiger partial charge in [-0.2, -0.15) is 0 Å². The number of hydrogen-bond donors (Lipinski definition) is 1. The minimum absolute atomic E-state index is 0.0795. The average molecular weight is 566 g/mol. The van der Waals surface area contributed by atoms with E-state index in [9.17, 15) is 19.2 Å². The summed E-state index contributed by atoms with van der Waals surface area (Å²) in [4.78, 5) is 48.9. The lowest BCUT2D eigenvalue weighted by Crippen LogP contribution is -2.36. The molecule has 0 spiro atoms. The molecule has 0 aliphatic heterocycles. The summed E-state index contributed by atoms with van der Waals surface area (Å²) < 4.78 is 26.3. The van der Waals surface area contributed by atoms with E-state index >= 15 is 0 Å². The van der Waals surface area contributed by atoms with Crippen molar-refractivity contribution in [3.8, 4) is 11.5 Å². The van der Waals surface area contributed by atoms with E-state index in [-0.39, 0.29) is 49.9 Å². The van der Waals surface area contributed by atoms with Gasteiger partial charge in [-0.05, 0) is 49.8 Å². The molecule has 0 aliphatic rings. The van der Waals surface area contributed by atoms with Gasteiger partial charge in [0.1, 0.15) is 18.8 Å². The zero-order valence-corrected chi connectivity index (χ0v) is 24.7. The van der Waals surface area contributed by atoms with Crippen molar-refractivity contribution >= 4 is 24.1 Å². The highest BCUT2D eigenvalue weighted by Gasteiger charge is 2.21. The third-order valence-electron chi connectivity index (χ3n) is 6.12. The lowest BCUT2D eigenvalue weighted by Gasteiger charge is -2.17. The molecule has 0 saturated carbocycles. The van der Waals surface area contributed by atoms with E-state index in [1.807, 2.05) is 27.7 Å². The fourth-order valence-corrected chi connectivity index (χ4v) is 3.43. The second-order valence-electron chi connectivity index (χ2n) is 10.1. The molecule has 1 unspecified atom stereocenters. The highest BCUT2D eigenvalue weighted by molar-refractivity contribution is 5.77. The molecule has 2 N–H and O–H groups in total.